The Hall–Kier alpha value is -1.94. The Labute approximate surface area is 107 Å². The minimum absolute atomic E-state index is 0.216. The van der Waals surface area contributed by atoms with Gasteiger partial charge in [0.2, 0.25) is 5.88 Å². The van der Waals surface area contributed by atoms with E-state index in [2.05, 4.69) is 22.2 Å². The molecule has 94 valence electrons. The lowest BCUT2D eigenvalue weighted by atomic mass is 10.2. The molecule has 1 N–H and O–H groups in total. The van der Waals surface area contributed by atoms with E-state index >= 15 is 0 Å². The zero-order valence-corrected chi connectivity index (χ0v) is 10.6. The quantitative estimate of drug-likeness (QED) is 0.875. The van der Waals surface area contributed by atoms with Gasteiger partial charge in [-0.3, -0.25) is 4.98 Å². The third-order valence-electron chi connectivity index (χ3n) is 2.75. The lowest BCUT2D eigenvalue weighted by Gasteiger charge is -2.13. The number of methoxy groups -OCH3 is 1. The van der Waals surface area contributed by atoms with Crippen molar-refractivity contribution >= 4 is 0 Å². The lowest BCUT2D eigenvalue weighted by molar-refractivity contribution is 0.397. The van der Waals surface area contributed by atoms with Crippen LogP contribution in [-0.4, -0.2) is 17.1 Å². The molecule has 18 heavy (non-hydrogen) atoms. The molecule has 0 fully saturated rings. The molecule has 0 amide bonds. The van der Waals surface area contributed by atoms with Gasteiger partial charge in [-0.15, -0.1) is 0 Å². The van der Waals surface area contributed by atoms with Crippen LogP contribution >= 0.6 is 0 Å². The Bertz CT molecular complexity index is 470. The fraction of sp³-hybridized carbons (Fsp3) is 0.286. The van der Waals surface area contributed by atoms with Gasteiger partial charge in [0.15, 0.2) is 0 Å². The standard InChI is InChI=1S/C14H17N3O/c1-11(13-5-3-4-8-15-13)16-9-12-6-7-14(18-2)17-10-12/h3-8,10-11,16H,9H2,1-2H3/t11-/m0/s1. The molecule has 0 aliphatic heterocycles. The number of hydrogen-bond donors (Lipinski definition) is 1. The van der Waals surface area contributed by atoms with Crippen LogP contribution in [-0.2, 0) is 6.54 Å². The summed E-state index contributed by atoms with van der Waals surface area (Å²) in [5, 5.41) is 3.41. The van der Waals surface area contributed by atoms with Crippen molar-refractivity contribution < 1.29 is 4.74 Å². The molecule has 2 aromatic heterocycles. The highest BCUT2D eigenvalue weighted by Crippen LogP contribution is 2.10. The number of nitrogens with one attached hydrogen (secondary N) is 1. The van der Waals surface area contributed by atoms with Gasteiger partial charge in [-0.05, 0) is 24.6 Å². The van der Waals surface area contributed by atoms with Crippen LogP contribution in [0.2, 0.25) is 0 Å². The minimum Gasteiger partial charge on any atom is -0.481 e. The Morgan fingerprint density at radius 2 is 2.11 bits per heavy atom. The highest BCUT2D eigenvalue weighted by atomic mass is 16.5. The van der Waals surface area contributed by atoms with Gasteiger partial charge < -0.3 is 10.1 Å². The zero-order valence-electron chi connectivity index (χ0n) is 10.6. The summed E-state index contributed by atoms with van der Waals surface area (Å²) in [6, 6.07) is 10.0. The molecule has 2 heterocycles. The Morgan fingerprint density at radius 3 is 2.72 bits per heavy atom. The van der Waals surface area contributed by atoms with Gasteiger partial charge in [0.25, 0.3) is 0 Å². The van der Waals surface area contributed by atoms with Crippen LogP contribution < -0.4 is 10.1 Å². The maximum Gasteiger partial charge on any atom is 0.212 e. The van der Waals surface area contributed by atoms with Gasteiger partial charge in [-0.25, -0.2) is 4.98 Å². The van der Waals surface area contributed by atoms with Crippen LogP contribution in [0.3, 0.4) is 0 Å². The predicted molar refractivity (Wildman–Crippen MR) is 70.3 cm³/mol. The first-order valence-corrected chi connectivity index (χ1v) is 5.93. The highest BCUT2D eigenvalue weighted by Gasteiger charge is 2.05. The molecule has 0 spiro atoms. The van der Waals surface area contributed by atoms with Crippen LogP contribution in [0.25, 0.3) is 0 Å². The van der Waals surface area contributed by atoms with E-state index < -0.39 is 0 Å². The topological polar surface area (TPSA) is 47.0 Å². The van der Waals surface area contributed by atoms with Gasteiger partial charge in [0, 0.05) is 31.0 Å². The fourth-order valence-corrected chi connectivity index (χ4v) is 1.64. The molecule has 0 bridgehead atoms. The molecule has 0 saturated heterocycles. The molecule has 0 aromatic carbocycles. The molecule has 4 nitrogen and oxygen atoms in total. The molecule has 0 aliphatic carbocycles. The molecule has 1 atom stereocenters. The first kappa shape index (κ1) is 12.5. The number of hydrogen-bond acceptors (Lipinski definition) is 4. The van der Waals surface area contributed by atoms with E-state index in [0.717, 1.165) is 17.8 Å². The van der Waals surface area contributed by atoms with E-state index in [1.165, 1.54) is 0 Å². The molecular formula is C14H17N3O. The average molecular weight is 243 g/mol. The van der Waals surface area contributed by atoms with Gasteiger partial charge in [-0.1, -0.05) is 12.1 Å². The van der Waals surface area contributed by atoms with Crippen molar-refractivity contribution in [2.45, 2.75) is 19.5 Å². The van der Waals surface area contributed by atoms with Crippen LogP contribution in [0.4, 0.5) is 0 Å². The van der Waals surface area contributed by atoms with Crippen LogP contribution in [0.5, 0.6) is 5.88 Å². The number of ether oxygens (including phenoxy) is 1. The summed E-state index contributed by atoms with van der Waals surface area (Å²) in [6.07, 6.45) is 3.62. The SMILES string of the molecule is COc1ccc(CN[C@@H](C)c2ccccn2)cn1. The van der Waals surface area contributed by atoms with Crippen molar-refractivity contribution in [1.82, 2.24) is 15.3 Å². The monoisotopic (exact) mass is 243 g/mol. The third kappa shape index (κ3) is 3.28. The summed E-state index contributed by atoms with van der Waals surface area (Å²) in [4.78, 5) is 8.49. The van der Waals surface area contributed by atoms with Crippen LogP contribution in [0.1, 0.15) is 24.2 Å². The van der Waals surface area contributed by atoms with Crippen molar-refractivity contribution in [3.8, 4) is 5.88 Å². The first-order chi connectivity index (χ1) is 8.79. The first-order valence-electron chi connectivity index (χ1n) is 5.93. The second-order valence-electron chi connectivity index (χ2n) is 4.07. The molecular weight excluding hydrogens is 226 g/mol. The fourth-order valence-electron chi connectivity index (χ4n) is 1.64. The molecule has 2 rings (SSSR count). The van der Waals surface area contributed by atoms with Gasteiger partial charge in [0.1, 0.15) is 0 Å². The molecule has 0 unspecified atom stereocenters. The Kier molecular flexibility index (Phi) is 4.25. The van der Waals surface area contributed by atoms with Crippen molar-refractivity contribution in [1.29, 1.82) is 0 Å². The molecule has 0 aliphatic rings. The maximum absolute atomic E-state index is 5.02. The smallest absolute Gasteiger partial charge is 0.212 e. The molecule has 4 heteroatoms. The Balaban J connectivity index is 1.91. The van der Waals surface area contributed by atoms with E-state index in [0.29, 0.717) is 5.88 Å². The highest BCUT2D eigenvalue weighted by molar-refractivity contribution is 5.18. The summed E-state index contributed by atoms with van der Waals surface area (Å²) in [5.74, 6) is 0.636. The maximum atomic E-state index is 5.02. The van der Waals surface area contributed by atoms with Crippen molar-refractivity contribution in [3.05, 3.63) is 54.0 Å². The van der Waals surface area contributed by atoms with E-state index in [9.17, 15) is 0 Å². The van der Waals surface area contributed by atoms with Gasteiger partial charge in [0.05, 0.1) is 12.8 Å². The predicted octanol–water partition coefficient (Wildman–Crippen LogP) is 2.34. The summed E-state index contributed by atoms with van der Waals surface area (Å²) in [5.41, 5.74) is 2.16. The molecule has 0 saturated carbocycles. The van der Waals surface area contributed by atoms with E-state index in [4.69, 9.17) is 4.74 Å². The summed E-state index contributed by atoms with van der Waals surface area (Å²) >= 11 is 0. The van der Waals surface area contributed by atoms with E-state index in [1.54, 1.807) is 7.11 Å². The molecule has 0 radical (unpaired) electrons. The number of nitrogens with zero attached hydrogens (tertiary/aromatic N) is 2. The number of aromatic nitrogens is 2. The summed E-state index contributed by atoms with van der Waals surface area (Å²) in [7, 11) is 1.61. The van der Waals surface area contributed by atoms with Crippen molar-refractivity contribution in [2.24, 2.45) is 0 Å². The van der Waals surface area contributed by atoms with Gasteiger partial charge >= 0.3 is 0 Å². The third-order valence-corrected chi connectivity index (χ3v) is 2.75. The van der Waals surface area contributed by atoms with Crippen molar-refractivity contribution in [2.75, 3.05) is 7.11 Å². The zero-order chi connectivity index (χ0) is 12.8. The summed E-state index contributed by atoms with van der Waals surface area (Å²) in [6.45, 7) is 2.86. The van der Waals surface area contributed by atoms with Crippen molar-refractivity contribution in [3.63, 3.8) is 0 Å². The normalized spacial score (nSPS) is 12.1. The second-order valence-corrected chi connectivity index (χ2v) is 4.07. The second kappa shape index (κ2) is 6.12. The van der Waals surface area contributed by atoms with Crippen LogP contribution in [0, 0.1) is 0 Å². The minimum atomic E-state index is 0.216. The number of rotatable bonds is 5. The number of pyridine rings is 2. The van der Waals surface area contributed by atoms with Crippen LogP contribution in [0.15, 0.2) is 42.7 Å². The van der Waals surface area contributed by atoms with E-state index in [-0.39, 0.29) is 6.04 Å². The summed E-state index contributed by atoms with van der Waals surface area (Å²) < 4.78 is 5.02. The lowest BCUT2D eigenvalue weighted by Crippen LogP contribution is -2.19. The Morgan fingerprint density at radius 1 is 1.22 bits per heavy atom. The largest absolute Gasteiger partial charge is 0.481 e. The van der Waals surface area contributed by atoms with E-state index in [1.807, 2.05) is 42.7 Å². The van der Waals surface area contributed by atoms with Gasteiger partial charge in [-0.2, -0.15) is 0 Å². The molecule has 2 aromatic rings. The average Bonchev–Trinajstić information content (AvgIpc) is 2.46.